The predicted molar refractivity (Wildman–Crippen MR) is 114 cm³/mol. The number of benzene rings is 1. The Labute approximate surface area is 178 Å². The van der Waals surface area contributed by atoms with Gasteiger partial charge in [-0.2, -0.15) is 0 Å². The molecule has 0 bridgehead atoms. The van der Waals surface area contributed by atoms with E-state index in [1.54, 1.807) is 12.4 Å². The van der Waals surface area contributed by atoms with Crippen LogP contribution in [0.25, 0.3) is 0 Å². The Morgan fingerprint density at radius 2 is 2.00 bits per heavy atom. The molecule has 0 amide bonds. The Hall–Kier alpha value is -2.15. The minimum atomic E-state index is -0.0446. The lowest BCUT2D eigenvalue weighted by Crippen LogP contribution is -2.44. The van der Waals surface area contributed by atoms with E-state index in [1.165, 1.54) is 18.9 Å². The number of hydrogen-bond acceptors (Lipinski definition) is 6. The zero-order chi connectivity index (χ0) is 20.6. The molecule has 158 valence electrons. The number of Topliss-reactive ketones (excluding diaryl/α,β-unsaturated/α-hetero) is 1. The molecule has 1 spiro atoms. The maximum Gasteiger partial charge on any atom is 0.179 e. The molecule has 1 aromatic heterocycles. The largest absolute Gasteiger partial charge is 0.373 e. The van der Waals surface area contributed by atoms with Crippen LogP contribution >= 0.6 is 0 Å². The van der Waals surface area contributed by atoms with Crippen LogP contribution in [0.5, 0.6) is 0 Å². The Bertz CT molecular complexity index is 878. The number of nitrogens with one attached hydrogen (secondary N) is 1. The summed E-state index contributed by atoms with van der Waals surface area (Å²) >= 11 is 0. The van der Waals surface area contributed by atoms with Crippen molar-refractivity contribution >= 4 is 5.78 Å². The van der Waals surface area contributed by atoms with Crippen molar-refractivity contribution in [1.82, 2.24) is 20.2 Å². The van der Waals surface area contributed by atoms with Crippen molar-refractivity contribution < 1.29 is 9.53 Å². The maximum absolute atomic E-state index is 11.3. The molecule has 2 saturated heterocycles. The molecule has 1 aliphatic carbocycles. The lowest BCUT2D eigenvalue weighted by Gasteiger charge is -2.38. The van der Waals surface area contributed by atoms with Crippen LogP contribution in [0.3, 0.4) is 0 Å². The second kappa shape index (κ2) is 8.17. The van der Waals surface area contributed by atoms with Crippen LogP contribution in [-0.2, 0) is 11.3 Å². The highest BCUT2D eigenvalue weighted by molar-refractivity contribution is 5.91. The van der Waals surface area contributed by atoms with Gasteiger partial charge in [0.15, 0.2) is 5.78 Å². The molecule has 3 fully saturated rings. The van der Waals surface area contributed by atoms with Gasteiger partial charge in [0.25, 0.3) is 0 Å². The highest BCUT2D eigenvalue weighted by Gasteiger charge is 2.46. The van der Waals surface area contributed by atoms with E-state index in [1.807, 2.05) is 0 Å². The van der Waals surface area contributed by atoms with Gasteiger partial charge in [0.2, 0.25) is 0 Å². The standard InChI is InChI=1S/C24H30N4O2/c1-17(29)23-14-25-20(13-26-23)15-28-9-7-24(8-10-28)12-19(16-30-24)27-22-11-21(22)18-5-3-2-4-6-18/h2-6,13-14,19,21-22,27H,7-12,15-16H2,1H3/t19?,21-,22+/m0/s1. The molecular formula is C24H30N4O2. The average Bonchev–Trinajstić information content (AvgIpc) is 3.43. The summed E-state index contributed by atoms with van der Waals surface area (Å²) in [5.41, 5.74) is 2.84. The van der Waals surface area contributed by atoms with Gasteiger partial charge in [-0.3, -0.25) is 14.7 Å². The first-order valence-electron chi connectivity index (χ1n) is 11.1. The molecule has 2 aromatic rings. The lowest BCUT2D eigenvalue weighted by atomic mass is 9.87. The number of hydrogen-bond donors (Lipinski definition) is 1. The highest BCUT2D eigenvalue weighted by atomic mass is 16.5. The Morgan fingerprint density at radius 3 is 2.70 bits per heavy atom. The number of piperidine rings is 1. The number of nitrogens with zero attached hydrogens (tertiary/aromatic N) is 3. The fourth-order valence-electron chi connectivity index (χ4n) is 5.02. The highest BCUT2D eigenvalue weighted by Crippen LogP contribution is 2.43. The molecule has 0 radical (unpaired) electrons. The Morgan fingerprint density at radius 1 is 1.20 bits per heavy atom. The molecule has 1 unspecified atom stereocenters. The van der Waals surface area contributed by atoms with Crippen LogP contribution in [0.4, 0.5) is 0 Å². The smallest absolute Gasteiger partial charge is 0.179 e. The number of likely N-dealkylation sites (tertiary alicyclic amines) is 1. The normalized spacial score (nSPS) is 28.0. The molecule has 1 aromatic carbocycles. The van der Waals surface area contributed by atoms with Crippen LogP contribution in [0.2, 0.25) is 0 Å². The number of carbonyl (C=O) groups excluding carboxylic acids is 1. The monoisotopic (exact) mass is 406 g/mol. The van der Waals surface area contributed by atoms with Crippen LogP contribution in [-0.4, -0.2) is 58.0 Å². The van der Waals surface area contributed by atoms with Gasteiger partial charge < -0.3 is 10.1 Å². The molecule has 6 nitrogen and oxygen atoms in total. The molecule has 1 saturated carbocycles. The van der Waals surface area contributed by atoms with Gasteiger partial charge in [-0.05, 0) is 31.2 Å². The van der Waals surface area contributed by atoms with Crippen LogP contribution < -0.4 is 5.32 Å². The Kier molecular flexibility index (Phi) is 5.39. The minimum Gasteiger partial charge on any atom is -0.373 e. The zero-order valence-electron chi connectivity index (χ0n) is 17.6. The van der Waals surface area contributed by atoms with Crippen molar-refractivity contribution in [3.63, 3.8) is 0 Å². The molecule has 6 heteroatoms. The van der Waals surface area contributed by atoms with Gasteiger partial charge in [-0.15, -0.1) is 0 Å². The van der Waals surface area contributed by atoms with Crippen molar-refractivity contribution in [2.24, 2.45) is 0 Å². The first-order valence-corrected chi connectivity index (χ1v) is 11.1. The van der Waals surface area contributed by atoms with Gasteiger partial charge in [0, 0.05) is 44.6 Å². The summed E-state index contributed by atoms with van der Waals surface area (Å²) in [4.78, 5) is 22.4. The van der Waals surface area contributed by atoms with Gasteiger partial charge in [0.1, 0.15) is 5.69 Å². The summed E-state index contributed by atoms with van der Waals surface area (Å²) in [6.07, 6.45) is 7.80. The molecule has 2 aliphatic heterocycles. The first-order chi connectivity index (χ1) is 14.6. The summed E-state index contributed by atoms with van der Waals surface area (Å²) in [7, 11) is 0. The molecule has 3 heterocycles. The van der Waals surface area contributed by atoms with Crippen molar-refractivity contribution in [2.45, 2.75) is 62.8 Å². The second-order valence-corrected chi connectivity index (χ2v) is 9.15. The van der Waals surface area contributed by atoms with Gasteiger partial charge in [-0.25, -0.2) is 4.98 Å². The summed E-state index contributed by atoms with van der Waals surface area (Å²) < 4.78 is 6.35. The average molecular weight is 407 g/mol. The van der Waals surface area contributed by atoms with Crippen molar-refractivity contribution in [2.75, 3.05) is 19.7 Å². The van der Waals surface area contributed by atoms with E-state index in [-0.39, 0.29) is 11.4 Å². The topological polar surface area (TPSA) is 67.4 Å². The minimum absolute atomic E-state index is 0.0372. The molecule has 1 N–H and O–H groups in total. The van der Waals surface area contributed by atoms with E-state index < -0.39 is 0 Å². The lowest BCUT2D eigenvalue weighted by molar-refractivity contribution is -0.0451. The van der Waals surface area contributed by atoms with E-state index >= 15 is 0 Å². The van der Waals surface area contributed by atoms with Crippen LogP contribution in [0.15, 0.2) is 42.7 Å². The van der Waals surface area contributed by atoms with E-state index in [0.717, 1.165) is 51.2 Å². The van der Waals surface area contributed by atoms with E-state index in [0.29, 0.717) is 23.7 Å². The fraction of sp³-hybridized carbons (Fsp3) is 0.542. The number of ketones is 1. The molecule has 5 rings (SSSR count). The third-order valence-corrected chi connectivity index (χ3v) is 6.90. The summed E-state index contributed by atoms with van der Waals surface area (Å²) in [5, 5.41) is 3.85. The SMILES string of the molecule is CC(=O)c1cnc(CN2CCC3(CC2)CC(N[C@@H]2C[C@H]2c2ccccc2)CO3)cn1. The Balaban J connectivity index is 1.09. The van der Waals surface area contributed by atoms with Crippen LogP contribution in [0, 0.1) is 0 Å². The zero-order valence-corrected chi connectivity index (χ0v) is 17.6. The number of rotatable bonds is 6. The van der Waals surface area contributed by atoms with E-state index in [9.17, 15) is 4.79 Å². The number of aromatic nitrogens is 2. The van der Waals surface area contributed by atoms with E-state index in [4.69, 9.17) is 4.74 Å². The molecule has 30 heavy (non-hydrogen) atoms. The maximum atomic E-state index is 11.3. The second-order valence-electron chi connectivity index (χ2n) is 9.15. The summed E-state index contributed by atoms with van der Waals surface area (Å²) in [6.45, 7) is 5.15. The van der Waals surface area contributed by atoms with Gasteiger partial charge in [-0.1, -0.05) is 30.3 Å². The first kappa shape index (κ1) is 19.8. The molecule has 3 aliphatic rings. The van der Waals surface area contributed by atoms with Crippen molar-refractivity contribution in [3.8, 4) is 0 Å². The molecular weight excluding hydrogens is 376 g/mol. The molecule has 3 atom stereocenters. The van der Waals surface area contributed by atoms with Crippen LogP contribution in [0.1, 0.15) is 60.3 Å². The number of carbonyl (C=O) groups is 1. The quantitative estimate of drug-likeness (QED) is 0.744. The van der Waals surface area contributed by atoms with Crippen molar-refractivity contribution in [1.29, 1.82) is 0 Å². The number of ether oxygens (including phenoxy) is 1. The third-order valence-electron chi connectivity index (χ3n) is 6.90. The third kappa shape index (κ3) is 4.31. The summed E-state index contributed by atoms with van der Waals surface area (Å²) in [5.74, 6) is 0.622. The van der Waals surface area contributed by atoms with E-state index in [2.05, 4.69) is 50.5 Å². The predicted octanol–water partition coefficient (Wildman–Crippen LogP) is 2.95. The summed E-state index contributed by atoms with van der Waals surface area (Å²) in [6, 6.07) is 11.9. The fourth-order valence-corrected chi connectivity index (χ4v) is 5.02. The van der Waals surface area contributed by atoms with Gasteiger partial charge in [0.05, 0.1) is 30.3 Å². The van der Waals surface area contributed by atoms with Gasteiger partial charge >= 0.3 is 0 Å². The van der Waals surface area contributed by atoms with Crippen molar-refractivity contribution in [3.05, 3.63) is 59.7 Å².